The van der Waals surface area contributed by atoms with Gasteiger partial charge < -0.3 is 14.5 Å². The van der Waals surface area contributed by atoms with Gasteiger partial charge in [0.25, 0.3) is 5.91 Å². The first-order chi connectivity index (χ1) is 13.1. The highest BCUT2D eigenvalue weighted by Crippen LogP contribution is 2.15. The van der Waals surface area contributed by atoms with Gasteiger partial charge in [0.15, 0.2) is 5.76 Å². The molecule has 1 amide bonds. The lowest BCUT2D eigenvalue weighted by Gasteiger charge is -2.04. The molecule has 0 radical (unpaired) electrons. The molecule has 0 saturated carbocycles. The molecule has 0 fully saturated rings. The molecule has 1 N–H and O–H groups in total. The molecular formula is C22H17NO4. The summed E-state index contributed by atoms with van der Waals surface area (Å²) in [5, 5.41) is 2.79. The SMILES string of the molecule is COC(=O)c1cccc(C#Cc2cccc(NC(=O)c3occc3C)c2)c1. The minimum Gasteiger partial charge on any atom is -0.465 e. The second-order valence-corrected chi connectivity index (χ2v) is 5.79. The average molecular weight is 359 g/mol. The minimum absolute atomic E-state index is 0.283. The van der Waals surface area contributed by atoms with Gasteiger partial charge in [-0.25, -0.2) is 4.79 Å². The second-order valence-electron chi connectivity index (χ2n) is 5.79. The van der Waals surface area contributed by atoms with E-state index in [1.807, 2.05) is 19.1 Å². The maximum absolute atomic E-state index is 12.2. The van der Waals surface area contributed by atoms with Gasteiger partial charge in [-0.3, -0.25) is 4.79 Å². The Morgan fingerprint density at radius 1 is 1.00 bits per heavy atom. The highest BCUT2D eigenvalue weighted by molar-refractivity contribution is 6.03. The van der Waals surface area contributed by atoms with Crippen LogP contribution in [0.3, 0.4) is 0 Å². The first-order valence-electron chi connectivity index (χ1n) is 8.23. The number of benzene rings is 2. The number of hydrogen-bond donors (Lipinski definition) is 1. The van der Waals surface area contributed by atoms with Crippen LogP contribution in [0, 0.1) is 18.8 Å². The molecule has 27 heavy (non-hydrogen) atoms. The molecule has 3 rings (SSSR count). The summed E-state index contributed by atoms with van der Waals surface area (Å²) in [6, 6.07) is 15.8. The van der Waals surface area contributed by atoms with Gasteiger partial charge in [-0.2, -0.15) is 0 Å². The normalized spacial score (nSPS) is 9.85. The standard InChI is InChI=1S/C22H17NO4/c1-15-11-12-27-20(15)21(24)23-19-8-4-6-17(14-19)10-9-16-5-3-7-18(13-16)22(25)26-2/h3-8,11-14H,1-2H3,(H,23,24). The number of aryl methyl sites for hydroxylation is 1. The van der Waals surface area contributed by atoms with Crippen molar-refractivity contribution in [2.45, 2.75) is 6.92 Å². The number of esters is 1. The van der Waals surface area contributed by atoms with Gasteiger partial charge in [0, 0.05) is 22.4 Å². The van der Waals surface area contributed by atoms with Crippen molar-refractivity contribution in [3.63, 3.8) is 0 Å². The lowest BCUT2D eigenvalue weighted by atomic mass is 10.1. The summed E-state index contributed by atoms with van der Waals surface area (Å²) >= 11 is 0. The third kappa shape index (κ3) is 4.44. The van der Waals surface area contributed by atoms with E-state index < -0.39 is 5.97 Å². The second kappa shape index (κ2) is 8.07. The van der Waals surface area contributed by atoms with E-state index in [0.29, 0.717) is 16.8 Å². The number of carbonyl (C=O) groups is 2. The molecule has 5 nitrogen and oxygen atoms in total. The highest BCUT2D eigenvalue weighted by atomic mass is 16.5. The van der Waals surface area contributed by atoms with Crippen LogP contribution in [0.25, 0.3) is 0 Å². The molecule has 0 spiro atoms. The van der Waals surface area contributed by atoms with Gasteiger partial charge in [-0.1, -0.05) is 24.0 Å². The van der Waals surface area contributed by atoms with Crippen LogP contribution in [0.2, 0.25) is 0 Å². The van der Waals surface area contributed by atoms with Gasteiger partial charge in [0.1, 0.15) is 0 Å². The zero-order chi connectivity index (χ0) is 19.2. The Bertz CT molecular complexity index is 1050. The molecule has 1 heterocycles. The van der Waals surface area contributed by atoms with Gasteiger partial charge in [-0.05, 0) is 49.4 Å². The maximum atomic E-state index is 12.2. The lowest BCUT2D eigenvalue weighted by Crippen LogP contribution is -2.12. The summed E-state index contributed by atoms with van der Waals surface area (Å²) in [4.78, 5) is 23.8. The van der Waals surface area contributed by atoms with E-state index in [2.05, 4.69) is 17.2 Å². The van der Waals surface area contributed by atoms with Gasteiger partial charge >= 0.3 is 5.97 Å². The predicted molar refractivity (Wildman–Crippen MR) is 102 cm³/mol. The van der Waals surface area contributed by atoms with Crippen LogP contribution < -0.4 is 5.32 Å². The average Bonchev–Trinajstić information content (AvgIpc) is 3.12. The summed E-state index contributed by atoms with van der Waals surface area (Å²) < 4.78 is 9.91. The molecule has 3 aromatic rings. The summed E-state index contributed by atoms with van der Waals surface area (Å²) in [6.45, 7) is 1.81. The first kappa shape index (κ1) is 18.0. The molecule has 5 heteroatoms. The zero-order valence-corrected chi connectivity index (χ0v) is 14.9. The molecule has 0 atom stereocenters. The summed E-state index contributed by atoms with van der Waals surface area (Å²) in [6.07, 6.45) is 1.48. The lowest BCUT2D eigenvalue weighted by molar-refractivity contribution is 0.0600. The molecule has 0 aliphatic rings. The van der Waals surface area contributed by atoms with Crippen molar-refractivity contribution < 1.29 is 18.7 Å². The van der Waals surface area contributed by atoms with Crippen molar-refractivity contribution in [2.75, 3.05) is 12.4 Å². The first-order valence-corrected chi connectivity index (χ1v) is 8.23. The van der Waals surface area contributed by atoms with Crippen LogP contribution >= 0.6 is 0 Å². The Kier molecular flexibility index (Phi) is 5.38. The predicted octanol–water partition coefficient (Wildman–Crippen LogP) is 4.03. The number of ether oxygens (including phenoxy) is 1. The van der Waals surface area contributed by atoms with Gasteiger partial charge in [-0.15, -0.1) is 0 Å². The number of hydrogen-bond acceptors (Lipinski definition) is 4. The number of methoxy groups -OCH3 is 1. The van der Waals surface area contributed by atoms with Crippen molar-refractivity contribution in [1.29, 1.82) is 0 Å². The molecule has 0 saturated heterocycles. The van der Waals surface area contributed by atoms with Crippen molar-refractivity contribution in [1.82, 2.24) is 0 Å². The largest absolute Gasteiger partial charge is 0.465 e. The van der Waals surface area contributed by atoms with Gasteiger partial charge in [0.05, 0.1) is 18.9 Å². The quantitative estimate of drug-likeness (QED) is 0.566. The van der Waals surface area contributed by atoms with E-state index >= 15 is 0 Å². The minimum atomic E-state index is -0.406. The van der Waals surface area contributed by atoms with Crippen LogP contribution in [-0.2, 0) is 4.74 Å². The fraction of sp³-hybridized carbons (Fsp3) is 0.0909. The fourth-order valence-corrected chi connectivity index (χ4v) is 2.45. The summed E-state index contributed by atoms with van der Waals surface area (Å²) in [7, 11) is 1.34. The number of furan rings is 1. The van der Waals surface area contributed by atoms with E-state index in [-0.39, 0.29) is 11.7 Å². The summed E-state index contributed by atoms with van der Waals surface area (Å²) in [5.74, 6) is 5.60. The molecule has 0 aliphatic heterocycles. The van der Waals surface area contributed by atoms with Crippen molar-refractivity contribution in [3.8, 4) is 11.8 Å². The van der Waals surface area contributed by atoms with E-state index in [9.17, 15) is 9.59 Å². The third-order valence-corrected chi connectivity index (χ3v) is 3.82. The molecule has 0 bridgehead atoms. The Morgan fingerprint density at radius 2 is 1.70 bits per heavy atom. The topological polar surface area (TPSA) is 68.5 Å². The molecule has 1 aromatic heterocycles. The van der Waals surface area contributed by atoms with Crippen molar-refractivity contribution in [2.24, 2.45) is 0 Å². The Balaban J connectivity index is 1.77. The molecular weight excluding hydrogens is 342 g/mol. The zero-order valence-electron chi connectivity index (χ0n) is 14.9. The number of nitrogens with one attached hydrogen (secondary N) is 1. The van der Waals surface area contributed by atoms with E-state index in [0.717, 1.165) is 11.1 Å². The molecule has 2 aromatic carbocycles. The van der Waals surface area contributed by atoms with Crippen molar-refractivity contribution in [3.05, 3.63) is 88.9 Å². The number of rotatable bonds is 3. The Morgan fingerprint density at radius 3 is 2.37 bits per heavy atom. The number of carbonyl (C=O) groups excluding carboxylic acids is 2. The summed E-state index contributed by atoms with van der Waals surface area (Å²) in [5.41, 5.74) is 3.25. The van der Waals surface area contributed by atoms with Crippen LogP contribution in [0.15, 0.2) is 65.3 Å². The molecule has 0 aliphatic carbocycles. The van der Waals surface area contributed by atoms with E-state index in [1.54, 1.807) is 42.5 Å². The highest BCUT2D eigenvalue weighted by Gasteiger charge is 2.12. The van der Waals surface area contributed by atoms with E-state index in [1.165, 1.54) is 13.4 Å². The smallest absolute Gasteiger partial charge is 0.337 e. The molecule has 0 unspecified atom stereocenters. The van der Waals surface area contributed by atoms with Crippen LogP contribution in [0.4, 0.5) is 5.69 Å². The van der Waals surface area contributed by atoms with Crippen molar-refractivity contribution >= 4 is 17.6 Å². The van der Waals surface area contributed by atoms with Gasteiger partial charge in [0.2, 0.25) is 0 Å². The number of amides is 1. The fourth-order valence-electron chi connectivity index (χ4n) is 2.45. The molecule has 134 valence electrons. The van der Waals surface area contributed by atoms with Crippen LogP contribution in [0.5, 0.6) is 0 Å². The third-order valence-electron chi connectivity index (χ3n) is 3.82. The number of anilines is 1. The van der Waals surface area contributed by atoms with Crippen LogP contribution in [-0.4, -0.2) is 19.0 Å². The monoisotopic (exact) mass is 359 g/mol. The Labute approximate surface area is 157 Å². The van der Waals surface area contributed by atoms with E-state index in [4.69, 9.17) is 9.15 Å². The van der Waals surface area contributed by atoms with Crippen LogP contribution in [0.1, 0.15) is 37.6 Å². The maximum Gasteiger partial charge on any atom is 0.337 e. The Hall–Kier alpha value is -3.78.